The van der Waals surface area contributed by atoms with Gasteiger partial charge >= 0.3 is 0 Å². The van der Waals surface area contributed by atoms with Crippen LogP contribution in [0.1, 0.15) is 75.6 Å². The fraction of sp³-hybridized carbons (Fsp3) is 0.308. The van der Waals surface area contributed by atoms with Gasteiger partial charge in [-0.3, -0.25) is 0 Å². The number of benzene rings is 5. The van der Waals surface area contributed by atoms with Crippen LogP contribution in [-0.2, 0) is 23.7 Å². The van der Waals surface area contributed by atoms with Crippen molar-refractivity contribution in [3.8, 4) is 0 Å². The minimum atomic E-state index is -0.244. The number of hydrogen-bond acceptors (Lipinski definition) is 2. The van der Waals surface area contributed by atoms with Crippen LogP contribution in [0.25, 0.3) is 10.8 Å². The number of hydrogen-bond donors (Lipinski definition) is 1. The number of fused-ring (bicyclic) bond motifs is 3. The van der Waals surface area contributed by atoms with Crippen LogP contribution in [0.3, 0.4) is 0 Å². The Morgan fingerprint density at radius 2 is 1.62 bits per heavy atom. The van der Waals surface area contributed by atoms with Crippen LogP contribution in [0.15, 0.2) is 163 Å². The predicted octanol–water partition coefficient (Wildman–Crippen LogP) is 13.8. The highest BCUT2D eigenvalue weighted by atomic mass is 35.5. The molecular formula is C52H57ClN2. The average Bonchev–Trinajstić information content (AvgIpc) is 3.40. The Kier molecular flexibility index (Phi) is 11.8. The summed E-state index contributed by atoms with van der Waals surface area (Å²) < 4.78 is 0. The zero-order valence-corrected chi connectivity index (χ0v) is 34.1. The van der Waals surface area contributed by atoms with Crippen molar-refractivity contribution >= 4 is 33.7 Å². The number of halogens is 1. The molecule has 0 spiro atoms. The standard InChI is InChI=1S/C52H57ClN2/c1-38(2)31-33-54-47-29-28-44(53)34-46(47)52(36-41-18-10-7-11-19-41,37-42-25-23-39(3)24-26-42)32-15-14-22-49-51(4,35-40-16-8-6-9-17-40)50-45-21-13-12-20-43(45)27-30-48(50)55(49)5/h6-23,25-30,34,38-39,54H,24,31-33,35-37H2,1-5H3/b15-14+,49-22+. The SMILES string of the molecule is CC(C)CCNc1ccc(Cl)cc1C(C/C=C/C=C1/N(C)c2ccc3ccccc3c2C1(C)Cc1ccccc1)(CC1=CCC(C)C=C1)Cc1ccccc1. The van der Waals surface area contributed by atoms with E-state index in [1.807, 2.05) is 6.07 Å². The van der Waals surface area contributed by atoms with Crippen LogP contribution in [0.5, 0.6) is 0 Å². The Bertz CT molecular complexity index is 2210. The molecule has 5 aromatic rings. The van der Waals surface area contributed by atoms with Crippen LogP contribution in [0, 0.1) is 11.8 Å². The number of anilines is 2. The van der Waals surface area contributed by atoms with Gasteiger partial charge in [-0.1, -0.05) is 159 Å². The second-order valence-corrected chi connectivity index (χ2v) is 17.1. The number of allylic oxidation sites excluding steroid dienone is 8. The van der Waals surface area contributed by atoms with E-state index in [1.165, 1.54) is 55.7 Å². The lowest BCUT2D eigenvalue weighted by Crippen LogP contribution is -2.31. The third kappa shape index (κ3) is 8.56. The summed E-state index contributed by atoms with van der Waals surface area (Å²) in [5.41, 5.74) is 10.1. The van der Waals surface area contributed by atoms with Crippen LogP contribution >= 0.6 is 11.6 Å². The highest BCUT2D eigenvalue weighted by Crippen LogP contribution is 2.52. The molecule has 282 valence electrons. The van der Waals surface area contributed by atoms with Crippen molar-refractivity contribution in [2.45, 2.75) is 77.0 Å². The highest BCUT2D eigenvalue weighted by Gasteiger charge is 2.43. The van der Waals surface area contributed by atoms with Crippen molar-refractivity contribution in [2.24, 2.45) is 11.8 Å². The topological polar surface area (TPSA) is 15.3 Å². The molecule has 2 nitrogen and oxygen atoms in total. The summed E-state index contributed by atoms with van der Waals surface area (Å²) in [7, 11) is 2.24. The molecule has 1 aliphatic carbocycles. The van der Waals surface area contributed by atoms with Crippen LogP contribution in [0.2, 0.25) is 5.02 Å². The Hall–Kier alpha value is -4.79. The van der Waals surface area contributed by atoms with Crippen LogP contribution in [-0.4, -0.2) is 13.6 Å². The fourth-order valence-corrected chi connectivity index (χ4v) is 9.24. The van der Waals surface area contributed by atoms with Crippen LogP contribution < -0.4 is 10.2 Å². The van der Waals surface area contributed by atoms with Crippen molar-refractivity contribution in [1.82, 2.24) is 0 Å². The third-order valence-electron chi connectivity index (χ3n) is 12.0. The van der Waals surface area contributed by atoms with E-state index in [4.69, 9.17) is 11.6 Å². The molecule has 2 aliphatic rings. The van der Waals surface area contributed by atoms with Gasteiger partial charge in [-0.25, -0.2) is 0 Å². The Morgan fingerprint density at radius 3 is 2.35 bits per heavy atom. The molecule has 0 aromatic heterocycles. The first-order valence-electron chi connectivity index (χ1n) is 20.3. The Labute approximate surface area is 335 Å². The highest BCUT2D eigenvalue weighted by molar-refractivity contribution is 6.30. The Morgan fingerprint density at radius 1 is 0.891 bits per heavy atom. The first-order chi connectivity index (χ1) is 26.6. The van der Waals surface area contributed by atoms with E-state index >= 15 is 0 Å². The molecule has 0 saturated carbocycles. The minimum absolute atomic E-state index is 0.216. The van der Waals surface area contributed by atoms with Gasteiger partial charge in [-0.15, -0.1) is 0 Å². The van der Waals surface area contributed by atoms with E-state index in [0.717, 1.165) is 50.1 Å². The van der Waals surface area contributed by atoms with E-state index in [-0.39, 0.29) is 10.8 Å². The average molecular weight is 745 g/mol. The van der Waals surface area contributed by atoms with Gasteiger partial charge in [0.1, 0.15) is 0 Å². The summed E-state index contributed by atoms with van der Waals surface area (Å²) in [5.74, 6) is 1.19. The predicted molar refractivity (Wildman–Crippen MR) is 239 cm³/mol. The van der Waals surface area contributed by atoms with Gasteiger partial charge in [0.2, 0.25) is 0 Å². The van der Waals surface area contributed by atoms with Crippen molar-refractivity contribution in [3.63, 3.8) is 0 Å². The number of nitrogens with one attached hydrogen (secondary N) is 1. The number of nitrogens with zero attached hydrogens (tertiary/aromatic N) is 1. The van der Waals surface area contributed by atoms with Gasteiger partial charge in [0.25, 0.3) is 0 Å². The van der Waals surface area contributed by atoms with Gasteiger partial charge in [0.05, 0.1) is 0 Å². The summed E-state index contributed by atoms with van der Waals surface area (Å²) in [4.78, 5) is 2.43. The van der Waals surface area contributed by atoms with E-state index in [2.05, 4.69) is 191 Å². The maximum atomic E-state index is 6.93. The van der Waals surface area contributed by atoms with E-state index in [1.54, 1.807) is 0 Å². The van der Waals surface area contributed by atoms with E-state index in [9.17, 15) is 0 Å². The maximum absolute atomic E-state index is 6.93. The lowest BCUT2D eigenvalue weighted by molar-refractivity contribution is 0.425. The second kappa shape index (κ2) is 16.9. The van der Waals surface area contributed by atoms with Gasteiger partial charge in [0.15, 0.2) is 0 Å². The summed E-state index contributed by atoms with van der Waals surface area (Å²) in [6.07, 6.45) is 20.2. The lowest BCUT2D eigenvalue weighted by Gasteiger charge is -2.37. The van der Waals surface area contributed by atoms with Gasteiger partial charge in [0, 0.05) is 46.5 Å². The first kappa shape index (κ1) is 38.5. The molecule has 3 heteroatoms. The van der Waals surface area contributed by atoms with Crippen molar-refractivity contribution < 1.29 is 0 Å². The normalized spacial score (nSPS) is 20.0. The molecule has 0 radical (unpaired) electrons. The van der Waals surface area contributed by atoms with Crippen molar-refractivity contribution in [1.29, 1.82) is 0 Å². The zero-order chi connectivity index (χ0) is 38.4. The summed E-state index contributed by atoms with van der Waals surface area (Å²) in [6, 6.07) is 42.0. The first-order valence-corrected chi connectivity index (χ1v) is 20.7. The molecule has 55 heavy (non-hydrogen) atoms. The zero-order valence-electron chi connectivity index (χ0n) is 33.4. The smallest absolute Gasteiger partial charge is 0.0454 e. The number of likely N-dealkylation sites (N-methyl/N-ethyl adjacent to an activating group) is 1. The number of rotatable bonds is 14. The molecule has 1 heterocycles. The third-order valence-corrected chi connectivity index (χ3v) is 12.2. The molecular weight excluding hydrogens is 688 g/mol. The fourth-order valence-electron chi connectivity index (χ4n) is 9.07. The molecule has 5 aromatic carbocycles. The van der Waals surface area contributed by atoms with E-state index < -0.39 is 0 Å². The Balaban J connectivity index is 1.33. The van der Waals surface area contributed by atoms with Gasteiger partial charge in [-0.2, -0.15) is 0 Å². The largest absolute Gasteiger partial charge is 0.385 e. The molecule has 3 unspecified atom stereocenters. The lowest BCUT2D eigenvalue weighted by atomic mass is 9.67. The molecule has 1 N–H and O–H groups in total. The quantitative estimate of drug-likeness (QED) is 0.122. The second-order valence-electron chi connectivity index (χ2n) is 16.7. The molecule has 0 fully saturated rings. The monoisotopic (exact) mass is 744 g/mol. The minimum Gasteiger partial charge on any atom is -0.385 e. The van der Waals surface area contributed by atoms with E-state index in [0.29, 0.717) is 11.8 Å². The summed E-state index contributed by atoms with van der Waals surface area (Å²) >= 11 is 6.93. The van der Waals surface area contributed by atoms with Crippen molar-refractivity contribution in [3.05, 3.63) is 190 Å². The van der Waals surface area contributed by atoms with Crippen LogP contribution in [0.4, 0.5) is 11.4 Å². The molecule has 7 rings (SSSR count). The van der Waals surface area contributed by atoms with Gasteiger partial charge < -0.3 is 10.2 Å². The molecule has 3 atom stereocenters. The molecule has 0 amide bonds. The molecule has 0 saturated heterocycles. The van der Waals surface area contributed by atoms with Crippen molar-refractivity contribution in [2.75, 3.05) is 23.8 Å². The maximum Gasteiger partial charge on any atom is 0.0454 e. The summed E-state index contributed by atoms with van der Waals surface area (Å²) in [6.45, 7) is 10.3. The van der Waals surface area contributed by atoms with Gasteiger partial charge in [-0.05, 0) is 121 Å². The summed E-state index contributed by atoms with van der Waals surface area (Å²) in [5, 5.41) is 7.27. The molecule has 1 aliphatic heterocycles. The molecule has 0 bridgehead atoms.